The Hall–Kier alpha value is -0.480. The summed E-state index contributed by atoms with van der Waals surface area (Å²) in [5.41, 5.74) is 0. The Morgan fingerprint density at radius 2 is 1.90 bits per heavy atom. The van der Waals surface area contributed by atoms with Gasteiger partial charge in [0.1, 0.15) is 12.4 Å². The van der Waals surface area contributed by atoms with E-state index in [0.717, 1.165) is 19.4 Å². The van der Waals surface area contributed by atoms with Gasteiger partial charge in [-0.3, -0.25) is 4.90 Å². The van der Waals surface area contributed by atoms with Gasteiger partial charge in [0.05, 0.1) is 11.1 Å². The predicted octanol–water partition coefficient (Wildman–Crippen LogP) is 3.36. The van der Waals surface area contributed by atoms with Crippen LogP contribution in [0.1, 0.15) is 25.7 Å². The van der Waals surface area contributed by atoms with Gasteiger partial charge in [-0.2, -0.15) is 0 Å². The molecule has 2 heterocycles. The van der Waals surface area contributed by atoms with Gasteiger partial charge in [-0.05, 0) is 43.9 Å². The molecule has 1 aromatic carbocycles. The molecule has 1 aromatic rings. The lowest BCUT2D eigenvalue weighted by Crippen LogP contribution is -2.46. The summed E-state index contributed by atoms with van der Waals surface area (Å²) >= 11 is 11.9. The normalized spacial score (nSPS) is 29.6. The van der Waals surface area contributed by atoms with E-state index in [2.05, 4.69) is 4.90 Å². The molecule has 2 bridgehead atoms. The summed E-state index contributed by atoms with van der Waals surface area (Å²) in [7, 11) is 0. The van der Waals surface area contributed by atoms with Crippen molar-refractivity contribution >= 4 is 23.2 Å². The van der Waals surface area contributed by atoms with Crippen molar-refractivity contribution in [3.8, 4) is 5.75 Å². The maximum absolute atomic E-state index is 9.79. The van der Waals surface area contributed by atoms with Gasteiger partial charge in [-0.1, -0.05) is 23.2 Å². The van der Waals surface area contributed by atoms with Crippen LogP contribution in [-0.4, -0.2) is 41.3 Å². The van der Waals surface area contributed by atoms with E-state index in [0.29, 0.717) is 34.5 Å². The fourth-order valence-corrected chi connectivity index (χ4v) is 3.93. The summed E-state index contributed by atoms with van der Waals surface area (Å²) in [4.78, 5) is 2.48. The molecule has 1 N–H and O–H groups in total. The zero-order valence-electron chi connectivity index (χ0n) is 11.3. The topological polar surface area (TPSA) is 32.7 Å². The highest BCUT2D eigenvalue weighted by Crippen LogP contribution is 2.35. The largest absolute Gasteiger partial charge is 0.491 e. The summed E-state index contributed by atoms with van der Waals surface area (Å²) in [6.07, 6.45) is 4.08. The zero-order valence-corrected chi connectivity index (χ0v) is 12.8. The maximum Gasteiger partial charge on any atom is 0.138 e. The lowest BCUT2D eigenvalue weighted by atomic mass is 10.0. The third-order valence-corrected chi connectivity index (χ3v) is 4.89. The predicted molar refractivity (Wildman–Crippen MR) is 80.7 cm³/mol. The van der Waals surface area contributed by atoms with E-state index in [-0.39, 0.29) is 6.10 Å². The monoisotopic (exact) mass is 315 g/mol. The van der Waals surface area contributed by atoms with Gasteiger partial charge >= 0.3 is 0 Å². The average Bonchev–Trinajstić information content (AvgIpc) is 2.64. The summed E-state index contributed by atoms with van der Waals surface area (Å²) in [6.45, 7) is 1.51. The van der Waals surface area contributed by atoms with E-state index in [9.17, 15) is 5.11 Å². The van der Waals surface area contributed by atoms with Crippen molar-refractivity contribution in [3.05, 3.63) is 28.2 Å². The van der Waals surface area contributed by atoms with Crippen LogP contribution in [0.3, 0.4) is 0 Å². The Morgan fingerprint density at radius 3 is 2.55 bits per heavy atom. The number of benzene rings is 1. The van der Waals surface area contributed by atoms with Crippen LogP contribution in [-0.2, 0) is 0 Å². The molecule has 0 radical (unpaired) electrons. The molecular formula is C15H19Cl2NO2. The summed E-state index contributed by atoms with van der Waals surface area (Å²) < 4.78 is 5.75. The molecule has 2 aliphatic heterocycles. The van der Waals surface area contributed by atoms with Gasteiger partial charge < -0.3 is 9.84 Å². The van der Waals surface area contributed by atoms with E-state index in [1.165, 1.54) is 12.8 Å². The van der Waals surface area contributed by atoms with Crippen LogP contribution < -0.4 is 4.74 Å². The van der Waals surface area contributed by atoms with Crippen LogP contribution in [0.4, 0.5) is 0 Å². The number of ether oxygens (including phenoxy) is 1. The molecule has 2 atom stereocenters. The van der Waals surface area contributed by atoms with Crippen molar-refractivity contribution in [2.24, 2.45) is 0 Å². The van der Waals surface area contributed by atoms with Crippen molar-refractivity contribution in [1.29, 1.82) is 0 Å². The Bertz CT molecular complexity index is 469. The summed E-state index contributed by atoms with van der Waals surface area (Å²) in [6, 6.07) is 6.32. The lowest BCUT2D eigenvalue weighted by molar-refractivity contribution is 0.0288. The van der Waals surface area contributed by atoms with Crippen LogP contribution >= 0.6 is 23.2 Å². The van der Waals surface area contributed by atoms with Crippen LogP contribution in [0.5, 0.6) is 5.75 Å². The van der Waals surface area contributed by atoms with Gasteiger partial charge in [-0.25, -0.2) is 0 Å². The molecule has 2 aliphatic rings. The Balaban J connectivity index is 1.53. The van der Waals surface area contributed by atoms with Gasteiger partial charge in [0, 0.05) is 23.7 Å². The number of aliphatic hydroxyl groups excluding tert-OH is 1. The molecule has 3 rings (SSSR count). The molecule has 2 saturated heterocycles. The first-order valence-corrected chi connectivity index (χ1v) is 7.91. The molecule has 0 amide bonds. The highest BCUT2D eigenvalue weighted by Gasteiger charge is 2.39. The van der Waals surface area contributed by atoms with Crippen LogP contribution in [0.15, 0.2) is 18.2 Å². The first kappa shape index (κ1) is 14.5. The fraction of sp³-hybridized carbons (Fsp3) is 0.600. The van der Waals surface area contributed by atoms with E-state index in [1.807, 2.05) is 0 Å². The van der Waals surface area contributed by atoms with Crippen molar-refractivity contribution in [2.45, 2.75) is 43.9 Å². The number of halogens is 2. The number of piperidine rings is 1. The highest BCUT2D eigenvalue weighted by molar-refractivity contribution is 6.35. The smallest absolute Gasteiger partial charge is 0.138 e. The van der Waals surface area contributed by atoms with E-state index >= 15 is 0 Å². The fourth-order valence-electron chi connectivity index (χ4n) is 3.46. The van der Waals surface area contributed by atoms with Gasteiger partial charge in [-0.15, -0.1) is 0 Å². The second-order valence-corrected chi connectivity index (χ2v) is 6.51. The number of hydrogen-bond acceptors (Lipinski definition) is 3. The van der Waals surface area contributed by atoms with E-state index in [4.69, 9.17) is 27.9 Å². The minimum Gasteiger partial charge on any atom is -0.491 e. The third-order valence-electron chi connectivity index (χ3n) is 4.36. The number of nitrogens with zero attached hydrogens (tertiary/aromatic N) is 1. The number of fused-ring (bicyclic) bond motifs is 2. The first-order chi connectivity index (χ1) is 9.63. The lowest BCUT2D eigenvalue weighted by Gasteiger charge is -2.36. The molecule has 0 aliphatic carbocycles. The second kappa shape index (κ2) is 6.10. The van der Waals surface area contributed by atoms with E-state index in [1.54, 1.807) is 18.2 Å². The van der Waals surface area contributed by atoms with Crippen molar-refractivity contribution in [3.63, 3.8) is 0 Å². The van der Waals surface area contributed by atoms with Crippen molar-refractivity contribution in [2.75, 3.05) is 13.2 Å². The third kappa shape index (κ3) is 3.06. The van der Waals surface area contributed by atoms with Gasteiger partial charge in [0.15, 0.2) is 0 Å². The Labute approximate surface area is 129 Å². The van der Waals surface area contributed by atoms with E-state index < -0.39 is 0 Å². The molecule has 0 saturated carbocycles. The highest BCUT2D eigenvalue weighted by atomic mass is 35.5. The quantitative estimate of drug-likeness (QED) is 0.924. The molecule has 2 unspecified atom stereocenters. The minimum atomic E-state index is -0.115. The maximum atomic E-state index is 9.79. The molecule has 110 valence electrons. The number of hydrogen-bond donors (Lipinski definition) is 1. The van der Waals surface area contributed by atoms with Crippen LogP contribution in [0.2, 0.25) is 10.0 Å². The summed E-state index contributed by atoms with van der Waals surface area (Å²) in [5, 5.41) is 11.0. The Kier molecular flexibility index (Phi) is 4.41. The molecule has 5 heteroatoms. The summed E-state index contributed by atoms with van der Waals surface area (Å²) in [5.74, 6) is 0.681. The Morgan fingerprint density at radius 1 is 1.20 bits per heavy atom. The molecule has 20 heavy (non-hydrogen) atoms. The molecule has 2 fully saturated rings. The second-order valence-electron chi connectivity index (χ2n) is 5.67. The average molecular weight is 316 g/mol. The molecule has 0 spiro atoms. The van der Waals surface area contributed by atoms with Crippen LogP contribution in [0, 0.1) is 0 Å². The van der Waals surface area contributed by atoms with Crippen LogP contribution in [0.25, 0.3) is 0 Å². The molecule has 3 nitrogen and oxygen atoms in total. The first-order valence-electron chi connectivity index (χ1n) is 7.15. The standard InChI is InChI=1S/C15H19Cl2NO2/c16-10-1-4-15(14(17)7-10)20-6-5-18-11-2-3-12(18)9-13(19)8-11/h1,4,7,11-13,19H,2-3,5-6,8-9H2. The van der Waals surface area contributed by atoms with Gasteiger partial charge in [0.2, 0.25) is 0 Å². The number of rotatable bonds is 4. The van der Waals surface area contributed by atoms with Crippen molar-refractivity contribution < 1.29 is 9.84 Å². The van der Waals surface area contributed by atoms with Gasteiger partial charge in [0.25, 0.3) is 0 Å². The molecular weight excluding hydrogens is 297 g/mol. The van der Waals surface area contributed by atoms with Crippen molar-refractivity contribution in [1.82, 2.24) is 4.90 Å². The minimum absolute atomic E-state index is 0.115. The zero-order chi connectivity index (χ0) is 14.1. The number of aliphatic hydroxyl groups is 1. The molecule has 0 aromatic heterocycles. The SMILES string of the molecule is OC1CC2CCC(C1)N2CCOc1ccc(Cl)cc1Cl.